The van der Waals surface area contributed by atoms with Crippen LogP contribution < -0.4 is 11.2 Å². The lowest BCUT2D eigenvalue weighted by Gasteiger charge is -2.06. The van der Waals surface area contributed by atoms with Crippen molar-refractivity contribution in [3.05, 3.63) is 65.2 Å². The number of carbonyl (C=O) groups is 1. The molecule has 2 aromatic carbocycles. The number of nitrogen functional groups attached to an aromatic ring is 1. The average molecular weight is 374 g/mol. The molecule has 3 rings (SSSR count). The Balaban J connectivity index is 1.59. The Labute approximate surface area is 154 Å². The van der Waals surface area contributed by atoms with Gasteiger partial charge in [-0.05, 0) is 17.7 Å². The summed E-state index contributed by atoms with van der Waals surface area (Å²) in [6.45, 7) is 0.487. The summed E-state index contributed by atoms with van der Waals surface area (Å²) in [6.07, 6.45) is 0. The van der Waals surface area contributed by atoms with E-state index in [-0.39, 0.29) is 11.7 Å². The van der Waals surface area contributed by atoms with Gasteiger partial charge in [0.15, 0.2) is 5.82 Å². The van der Waals surface area contributed by atoms with Gasteiger partial charge in [0.1, 0.15) is 0 Å². The normalized spacial score (nSPS) is 10.6. The summed E-state index contributed by atoms with van der Waals surface area (Å²) in [6, 6.07) is 17.0. The van der Waals surface area contributed by atoms with Crippen LogP contribution in [0.4, 0.5) is 0 Å². The molecule has 1 amide bonds. The highest BCUT2D eigenvalue weighted by molar-refractivity contribution is 7.99. The van der Waals surface area contributed by atoms with E-state index in [9.17, 15) is 4.79 Å². The van der Waals surface area contributed by atoms with Crippen molar-refractivity contribution >= 4 is 29.3 Å². The molecule has 0 bridgehead atoms. The lowest BCUT2D eigenvalue weighted by Crippen LogP contribution is -2.25. The molecule has 0 fully saturated rings. The van der Waals surface area contributed by atoms with Crippen molar-refractivity contribution in [1.82, 2.24) is 20.2 Å². The summed E-state index contributed by atoms with van der Waals surface area (Å²) in [4.78, 5) is 12.0. The monoisotopic (exact) mass is 373 g/mol. The maximum absolute atomic E-state index is 12.0. The first-order chi connectivity index (χ1) is 12.1. The fourth-order valence-corrected chi connectivity index (χ4v) is 3.09. The molecule has 6 nitrogen and oxygen atoms in total. The van der Waals surface area contributed by atoms with Crippen molar-refractivity contribution in [3.8, 4) is 11.4 Å². The number of amides is 1. The third-order valence-corrected chi connectivity index (χ3v) is 4.72. The Morgan fingerprint density at radius 3 is 2.60 bits per heavy atom. The minimum Gasteiger partial charge on any atom is -0.351 e. The number of hydrogen-bond acceptors (Lipinski definition) is 5. The quantitative estimate of drug-likeness (QED) is 0.512. The van der Waals surface area contributed by atoms with E-state index < -0.39 is 0 Å². The zero-order valence-corrected chi connectivity index (χ0v) is 14.8. The molecule has 3 aromatic rings. The van der Waals surface area contributed by atoms with Gasteiger partial charge < -0.3 is 11.2 Å². The zero-order valence-electron chi connectivity index (χ0n) is 13.2. The molecule has 8 heteroatoms. The van der Waals surface area contributed by atoms with Gasteiger partial charge in [0.05, 0.1) is 10.8 Å². The van der Waals surface area contributed by atoms with E-state index >= 15 is 0 Å². The highest BCUT2D eigenvalue weighted by Gasteiger charge is 2.15. The largest absolute Gasteiger partial charge is 0.351 e. The average Bonchev–Trinajstić information content (AvgIpc) is 3.00. The summed E-state index contributed by atoms with van der Waals surface area (Å²) in [5, 5.41) is 12.0. The predicted molar refractivity (Wildman–Crippen MR) is 99.6 cm³/mol. The standard InChI is InChI=1S/C17H16ClN5OS/c18-14-9-5-4-8-13(14)16-21-22-17(23(16)19)25-11-15(24)20-10-12-6-2-1-3-7-12/h1-9H,10-11,19H2,(H,20,24). The Hall–Kier alpha value is -2.51. The molecule has 1 heterocycles. The van der Waals surface area contributed by atoms with Crippen LogP contribution in [0, 0.1) is 0 Å². The van der Waals surface area contributed by atoms with Crippen LogP contribution in [0.5, 0.6) is 0 Å². The van der Waals surface area contributed by atoms with Crippen molar-refractivity contribution in [3.63, 3.8) is 0 Å². The molecule has 0 spiro atoms. The fourth-order valence-electron chi connectivity index (χ4n) is 2.18. The summed E-state index contributed by atoms with van der Waals surface area (Å²) in [7, 11) is 0. The zero-order chi connectivity index (χ0) is 17.6. The molecule has 3 N–H and O–H groups in total. The second-order valence-electron chi connectivity index (χ2n) is 5.21. The Kier molecular flexibility index (Phi) is 5.57. The van der Waals surface area contributed by atoms with Crippen LogP contribution in [0.15, 0.2) is 59.8 Å². The number of nitrogens with zero attached hydrogens (tertiary/aromatic N) is 3. The number of aromatic nitrogens is 3. The molecule has 1 aromatic heterocycles. The molecular formula is C17H16ClN5OS. The van der Waals surface area contributed by atoms with Gasteiger partial charge in [-0.15, -0.1) is 10.2 Å². The van der Waals surface area contributed by atoms with Gasteiger partial charge in [-0.3, -0.25) is 4.79 Å². The van der Waals surface area contributed by atoms with E-state index in [4.69, 9.17) is 17.4 Å². The van der Waals surface area contributed by atoms with Gasteiger partial charge in [-0.2, -0.15) is 0 Å². The van der Waals surface area contributed by atoms with Gasteiger partial charge in [-0.1, -0.05) is 65.8 Å². The van der Waals surface area contributed by atoms with Crippen LogP contribution in [0.25, 0.3) is 11.4 Å². The number of rotatable bonds is 6. The minimum atomic E-state index is -0.101. The summed E-state index contributed by atoms with van der Waals surface area (Å²) >= 11 is 7.38. The molecule has 0 radical (unpaired) electrons. The van der Waals surface area contributed by atoms with Crippen molar-refractivity contribution in [2.45, 2.75) is 11.7 Å². The smallest absolute Gasteiger partial charge is 0.230 e. The first kappa shape index (κ1) is 17.3. The molecular weight excluding hydrogens is 358 g/mol. The molecule has 0 aliphatic rings. The van der Waals surface area contributed by atoms with Crippen molar-refractivity contribution in [2.24, 2.45) is 0 Å². The van der Waals surface area contributed by atoms with Gasteiger partial charge in [0.25, 0.3) is 0 Å². The Morgan fingerprint density at radius 1 is 1.12 bits per heavy atom. The van der Waals surface area contributed by atoms with Gasteiger partial charge in [0.2, 0.25) is 11.1 Å². The second kappa shape index (κ2) is 8.04. The summed E-state index contributed by atoms with van der Waals surface area (Å²) in [5.74, 6) is 6.59. The van der Waals surface area contributed by atoms with E-state index in [2.05, 4.69) is 15.5 Å². The van der Waals surface area contributed by atoms with Crippen molar-refractivity contribution < 1.29 is 4.79 Å². The number of hydrogen-bond donors (Lipinski definition) is 2. The van der Waals surface area contributed by atoms with Gasteiger partial charge in [0, 0.05) is 12.1 Å². The number of carbonyl (C=O) groups excluding carboxylic acids is 1. The molecule has 0 unspecified atom stereocenters. The van der Waals surface area contributed by atoms with E-state index in [1.165, 1.54) is 16.4 Å². The molecule has 0 aliphatic heterocycles. The maximum atomic E-state index is 12.0. The third-order valence-electron chi connectivity index (χ3n) is 3.44. The van der Waals surface area contributed by atoms with Crippen molar-refractivity contribution in [2.75, 3.05) is 11.6 Å². The molecule has 128 valence electrons. The summed E-state index contributed by atoms with van der Waals surface area (Å²) < 4.78 is 1.34. The van der Waals surface area contributed by atoms with Crippen molar-refractivity contribution in [1.29, 1.82) is 0 Å². The van der Waals surface area contributed by atoms with Crippen LogP contribution in [-0.2, 0) is 11.3 Å². The van der Waals surface area contributed by atoms with E-state index in [0.717, 1.165) is 5.56 Å². The van der Waals surface area contributed by atoms with Gasteiger partial charge >= 0.3 is 0 Å². The fraction of sp³-hybridized carbons (Fsp3) is 0.118. The van der Waals surface area contributed by atoms with E-state index in [1.807, 2.05) is 48.5 Å². The van der Waals surface area contributed by atoms with E-state index in [0.29, 0.717) is 28.1 Å². The lowest BCUT2D eigenvalue weighted by molar-refractivity contribution is -0.118. The maximum Gasteiger partial charge on any atom is 0.230 e. The first-order valence-corrected chi connectivity index (χ1v) is 8.90. The number of nitrogens with two attached hydrogens (primary N) is 1. The Bertz CT molecular complexity index is 868. The molecule has 0 atom stereocenters. The van der Waals surface area contributed by atoms with Crippen LogP contribution >= 0.6 is 23.4 Å². The highest BCUT2D eigenvalue weighted by Crippen LogP contribution is 2.27. The van der Waals surface area contributed by atoms with Crippen LogP contribution in [-0.4, -0.2) is 26.5 Å². The SMILES string of the molecule is Nn1c(SCC(=O)NCc2ccccc2)nnc1-c1ccccc1Cl. The number of benzene rings is 2. The third kappa shape index (κ3) is 4.32. The van der Waals surface area contributed by atoms with Crippen LogP contribution in [0.3, 0.4) is 0 Å². The van der Waals surface area contributed by atoms with E-state index in [1.54, 1.807) is 6.07 Å². The molecule has 25 heavy (non-hydrogen) atoms. The van der Waals surface area contributed by atoms with Gasteiger partial charge in [-0.25, -0.2) is 4.68 Å². The lowest BCUT2D eigenvalue weighted by atomic mass is 10.2. The molecule has 0 aliphatic carbocycles. The second-order valence-corrected chi connectivity index (χ2v) is 6.56. The molecule has 0 saturated heterocycles. The number of halogens is 1. The highest BCUT2D eigenvalue weighted by atomic mass is 35.5. The Morgan fingerprint density at radius 2 is 1.84 bits per heavy atom. The topological polar surface area (TPSA) is 85.8 Å². The predicted octanol–water partition coefficient (Wildman–Crippen LogP) is 2.72. The first-order valence-electron chi connectivity index (χ1n) is 7.54. The van der Waals surface area contributed by atoms with Crippen LogP contribution in [0.1, 0.15) is 5.56 Å². The molecule has 0 saturated carbocycles. The number of nitrogens with one attached hydrogen (secondary N) is 1. The number of thioether (sulfide) groups is 1. The van der Waals surface area contributed by atoms with Crippen LogP contribution in [0.2, 0.25) is 5.02 Å². The minimum absolute atomic E-state index is 0.101. The summed E-state index contributed by atoms with van der Waals surface area (Å²) in [5.41, 5.74) is 1.74.